The summed E-state index contributed by atoms with van der Waals surface area (Å²) < 4.78 is 10.6. The van der Waals surface area contributed by atoms with Crippen molar-refractivity contribution in [2.75, 3.05) is 0 Å². The maximum absolute atomic E-state index is 12.0. The van der Waals surface area contributed by atoms with Gasteiger partial charge in [-0.25, -0.2) is 9.97 Å². The monoisotopic (exact) mass is 438 g/mol. The molecular formula is C26H34N2O4. The first-order valence-electron chi connectivity index (χ1n) is 11.5. The molecule has 1 aromatic heterocycles. The van der Waals surface area contributed by atoms with Gasteiger partial charge in [0.25, 0.3) is 0 Å². The Morgan fingerprint density at radius 3 is 2.38 bits per heavy atom. The second-order valence-corrected chi connectivity index (χ2v) is 7.73. The van der Waals surface area contributed by atoms with Crippen molar-refractivity contribution >= 4 is 11.9 Å². The van der Waals surface area contributed by atoms with Crippen molar-refractivity contribution in [3.63, 3.8) is 0 Å². The Hall–Kier alpha value is -3.02. The number of aromatic nitrogens is 2. The molecule has 0 aliphatic heterocycles. The van der Waals surface area contributed by atoms with Crippen LogP contribution in [0, 0.1) is 0 Å². The van der Waals surface area contributed by atoms with E-state index in [-0.39, 0.29) is 18.0 Å². The number of nitrogens with zero attached hydrogens (tertiary/aromatic N) is 2. The van der Waals surface area contributed by atoms with E-state index in [1.54, 1.807) is 6.92 Å². The number of ether oxygens (including phenoxy) is 2. The zero-order chi connectivity index (χ0) is 23.2. The molecule has 0 aliphatic rings. The van der Waals surface area contributed by atoms with Crippen LogP contribution in [0.25, 0.3) is 11.4 Å². The molecule has 32 heavy (non-hydrogen) atoms. The number of esters is 2. The van der Waals surface area contributed by atoms with Crippen molar-refractivity contribution < 1.29 is 19.1 Å². The van der Waals surface area contributed by atoms with E-state index in [0.717, 1.165) is 49.7 Å². The number of aryl methyl sites for hydroxylation is 1. The highest BCUT2D eigenvalue weighted by Crippen LogP contribution is 2.19. The van der Waals surface area contributed by atoms with Crippen molar-refractivity contribution in [3.05, 3.63) is 54.4 Å². The van der Waals surface area contributed by atoms with Crippen molar-refractivity contribution in [2.24, 2.45) is 0 Å². The topological polar surface area (TPSA) is 78.4 Å². The van der Waals surface area contributed by atoms with Gasteiger partial charge in [-0.1, -0.05) is 50.3 Å². The number of carbonyl (C=O) groups excluding carboxylic acids is 2. The average Bonchev–Trinajstić information content (AvgIpc) is 2.81. The molecule has 1 aromatic carbocycles. The van der Waals surface area contributed by atoms with Crippen LogP contribution in [0.15, 0.2) is 48.8 Å². The second-order valence-electron chi connectivity index (χ2n) is 7.73. The highest BCUT2D eigenvalue weighted by Gasteiger charge is 2.09. The maximum Gasteiger partial charge on any atom is 0.311 e. The first-order chi connectivity index (χ1) is 15.5. The van der Waals surface area contributed by atoms with E-state index >= 15 is 0 Å². The first kappa shape index (κ1) is 25.2. The van der Waals surface area contributed by atoms with E-state index in [4.69, 9.17) is 9.47 Å². The summed E-state index contributed by atoms with van der Waals surface area (Å²) in [5.74, 6) is 0.504. The fourth-order valence-electron chi connectivity index (χ4n) is 3.07. The van der Waals surface area contributed by atoms with Crippen molar-refractivity contribution in [3.8, 4) is 17.1 Å². The molecule has 1 heterocycles. The highest BCUT2D eigenvalue weighted by molar-refractivity contribution is 5.72. The minimum absolute atomic E-state index is 0.0985. The van der Waals surface area contributed by atoms with Crippen molar-refractivity contribution in [1.82, 2.24) is 9.97 Å². The molecule has 172 valence electrons. The van der Waals surface area contributed by atoms with E-state index in [0.29, 0.717) is 24.4 Å². The van der Waals surface area contributed by atoms with E-state index in [2.05, 4.69) is 29.0 Å². The molecule has 2 rings (SSSR count). The number of hydrogen-bond donors (Lipinski definition) is 0. The summed E-state index contributed by atoms with van der Waals surface area (Å²) in [5.41, 5.74) is 2.04. The van der Waals surface area contributed by atoms with Crippen LogP contribution in [-0.2, 0) is 20.7 Å². The van der Waals surface area contributed by atoms with Gasteiger partial charge in [-0.15, -0.1) is 0 Å². The summed E-state index contributed by atoms with van der Waals surface area (Å²) in [6.07, 6.45) is 13.4. The van der Waals surface area contributed by atoms with Gasteiger partial charge in [-0.2, -0.15) is 0 Å². The molecule has 2 aromatic rings. The van der Waals surface area contributed by atoms with Gasteiger partial charge in [0.1, 0.15) is 0 Å². The molecule has 0 fully saturated rings. The van der Waals surface area contributed by atoms with Crippen LogP contribution in [0.2, 0.25) is 0 Å². The Morgan fingerprint density at radius 2 is 1.72 bits per heavy atom. The van der Waals surface area contributed by atoms with Crippen molar-refractivity contribution in [2.45, 2.75) is 78.2 Å². The summed E-state index contributed by atoms with van der Waals surface area (Å²) >= 11 is 0. The lowest BCUT2D eigenvalue weighted by Gasteiger charge is -2.12. The zero-order valence-electron chi connectivity index (χ0n) is 19.4. The van der Waals surface area contributed by atoms with Gasteiger partial charge in [0.05, 0.1) is 18.5 Å². The third-order valence-electron chi connectivity index (χ3n) is 4.94. The predicted octanol–water partition coefficient (Wildman–Crippen LogP) is 5.85. The fraction of sp³-hybridized carbons (Fsp3) is 0.462. The molecule has 0 saturated heterocycles. The predicted molar refractivity (Wildman–Crippen MR) is 125 cm³/mol. The minimum Gasteiger partial charge on any atom is -0.463 e. The lowest BCUT2D eigenvalue weighted by atomic mass is 10.1. The quantitative estimate of drug-likeness (QED) is 0.222. The smallest absolute Gasteiger partial charge is 0.311 e. The van der Waals surface area contributed by atoms with Gasteiger partial charge < -0.3 is 9.47 Å². The summed E-state index contributed by atoms with van der Waals surface area (Å²) in [6, 6.07) is 7.98. The largest absolute Gasteiger partial charge is 0.463 e. The van der Waals surface area contributed by atoms with E-state index in [1.165, 1.54) is 12.4 Å². The van der Waals surface area contributed by atoms with Gasteiger partial charge in [0.15, 0.2) is 11.6 Å². The molecular weight excluding hydrogens is 404 g/mol. The second kappa shape index (κ2) is 14.1. The third kappa shape index (κ3) is 9.41. The van der Waals surface area contributed by atoms with E-state index in [9.17, 15) is 9.59 Å². The van der Waals surface area contributed by atoms with E-state index in [1.807, 2.05) is 31.2 Å². The zero-order valence-corrected chi connectivity index (χ0v) is 19.4. The maximum atomic E-state index is 12.0. The van der Waals surface area contributed by atoms with Crippen LogP contribution in [0.5, 0.6) is 5.75 Å². The standard InChI is InChI=1S/C26H34N2O4/c1-4-6-7-8-9-10-11-25(30)32-23-18-27-26(28-19-23)22-16-14-21(15-17-22)13-12-20(3)31-24(29)5-2/h6-7,14-20H,4-5,8-13H2,1-3H3. The molecule has 6 nitrogen and oxygen atoms in total. The van der Waals surface area contributed by atoms with Gasteiger partial charge in [-0.05, 0) is 51.0 Å². The molecule has 0 N–H and O–H groups in total. The van der Waals surface area contributed by atoms with Gasteiger partial charge in [0, 0.05) is 18.4 Å². The fourth-order valence-corrected chi connectivity index (χ4v) is 3.07. The van der Waals surface area contributed by atoms with Crippen LogP contribution >= 0.6 is 0 Å². The molecule has 0 saturated carbocycles. The molecule has 0 spiro atoms. The molecule has 0 amide bonds. The molecule has 6 heteroatoms. The number of allylic oxidation sites excluding steroid dienone is 2. The Bertz CT molecular complexity index is 860. The Morgan fingerprint density at radius 1 is 1.00 bits per heavy atom. The van der Waals surface area contributed by atoms with Gasteiger partial charge in [-0.3, -0.25) is 9.59 Å². The summed E-state index contributed by atoms with van der Waals surface area (Å²) in [5, 5.41) is 0. The SMILES string of the molecule is CCC=CCCCCC(=O)Oc1cnc(-c2ccc(CCC(C)OC(=O)CC)cc2)nc1. The molecule has 1 unspecified atom stereocenters. The first-order valence-corrected chi connectivity index (χ1v) is 11.5. The summed E-state index contributed by atoms with van der Waals surface area (Å²) in [4.78, 5) is 31.9. The van der Waals surface area contributed by atoms with Crippen molar-refractivity contribution in [1.29, 1.82) is 0 Å². The van der Waals surface area contributed by atoms with Crippen LogP contribution in [0.4, 0.5) is 0 Å². The molecule has 0 aliphatic carbocycles. The molecule has 0 bridgehead atoms. The molecule has 0 radical (unpaired) electrons. The summed E-state index contributed by atoms with van der Waals surface area (Å²) in [6.45, 7) is 5.81. The summed E-state index contributed by atoms with van der Waals surface area (Å²) in [7, 11) is 0. The average molecular weight is 439 g/mol. The lowest BCUT2D eigenvalue weighted by Crippen LogP contribution is -2.14. The minimum atomic E-state index is -0.260. The number of hydrogen-bond acceptors (Lipinski definition) is 6. The Balaban J connectivity index is 1.79. The lowest BCUT2D eigenvalue weighted by molar-refractivity contribution is -0.148. The van der Waals surface area contributed by atoms with Crippen LogP contribution < -0.4 is 4.74 Å². The third-order valence-corrected chi connectivity index (χ3v) is 4.94. The Kier molecular flexibility index (Phi) is 11.1. The number of rotatable bonds is 13. The Labute approximate surface area is 191 Å². The van der Waals surface area contributed by atoms with Gasteiger partial charge >= 0.3 is 11.9 Å². The number of carbonyl (C=O) groups is 2. The highest BCUT2D eigenvalue weighted by atomic mass is 16.5. The van der Waals surface area contributed by atoms with Crippen LogP contribution in [-0.4, -0.2) is 28.0 Å². The van der Waals surface area contributed by atoms with Crippen LogP contribution in [0.3, 0.4) is 0 Å². The molecule has 1 atom stereocenters. The number of benzene rings is 1. The number of unbranched alkanes of at least 4 members (excludes halogenated alkanes) is 2. The van der Waals surface area contributed by atoms with E-state index < -0.39 is 0 Å². The normalized spacial score (nSPS) is 12.0. The van der Waals surface area contributed by atoms with Crippen LogP contribution in [0.1, 0.15) is 71.3 Å². The van der Waals surface area contributed by atoms with Gasteiger partial charge in [0.2, 0.25) is 0 Å².